The largest absolute Gasteiger partial charge is 0.493 e. The van der Waals surface area contributed by atoms with Crippen molar-refractivity contribution in [2.75, 3.05) is 11.3 Å². The van der Waals surface area contributed by atoms with Crippen LogP contribution in [0.4, 0.5) is 5.69 Å². The number of hydrogen-bond acceptors (Lipinski definition) is 4. The second-order valence-electron chi connectivity index (χ2n) is 5.84. The molecule has 0 unspecified atom stereocenters. The van der Waals surface area contributed by atoms with Gasteiger partial charge in [-0.25, -0.2) is 13.4 Å². The minimum Gasteiger partial charge on any atom is -0.493 e. The maximum atomic E-state index is 12.6. The summed E-state index contributed by atoms with van der Waals surface area (Å²) >= 11 is 0. The number of ether oxygens (including phenoxy) is 1. The fourth-order valence-electron chi connectivity index (χ4n) is 2.84. The van der Waals surface area contributed by atoms with Crippen molar-refractivity contribution in [3.8, 4) is 17.1 Å². The smallest absolute Gasteiger partial charge is 0.261 e. The Hall–Kier alpha value is -2.80. The molecule has 3 aromatic rings. The van der Waals surface area contributed by atoms with Gasteiger partial charge in [0.15, 0.2) is 0 Å². The summed E-state index contributed by atoms with van der Waals surface area (Å²) in [4.78, 5) is 7.43. The van der Waals surface area contributed by atoms with Gasteiger partial charge in [0, 0.05) is 23.6 Å². The van der Waals surface area contributed by atoms with Gasteiger partial charge in [-0.15, -0.1) is 0 Å². The zero-order valence-electron chi connectivity index (χ0n) is 13.4. The molecule has 25 heavy (non-hydrogen) atoms. The third-order valence-electron chi connectivity index (χ3n) is 4.10. The van der Waals surface area contributed by atoms with E-state index in [1.165, 1.54) is 0 Å². The quantitative estimate of drug-likeness (QED) is 0.753. The van der Waals surface area contributed by atoms with Gasteiger partial charge in [0.25, 0.3) is 10.0 Å². The second-order valence-corrected chi connectivity index (χ2v) is 7.52. The molecular formula is C18H17N3O3S. The Balaban J connectivity index is 1.57. The van der Waals surface area contributed by atoms with Gasteiger partial charge >= 0.3 is 0 Å². The SMILES string of the molecule is O=S(=O)(Nc1ccc(-c2ncc[nH]2)cc1)c1ccc2c(c1)CCCO2. The summed E-state index contributed by atoms with van der Waals surface area (Å²) in [5.74, 6) is 1.51. The molecule has 0 amide bonds. The molecule has 0 saturated carbocycles. The fourth-order valence-corrected chi connectivity index (χ4v) is 3.95. The summed E-state index contributed by atoms with van der Waals surface area (Å²) in [6.07, 6.45) is 5.15. The van der Waals surface area contributed by atoms with Crippen molar-refractivity contribution in [1.29, 1.82) is 0 Å². The first-order valence-corrected chi connectivity index (χ1v) is 9.48. The monoisotopic (exact) mass is 355 g/mol. The van der Waals surface area contributed by atoms with Gasteiger partial charge in [-0.3, -0.25) is 4.72 Å². The molecule has 1 aromatic heterocycles. The lowest BCUT2D eigenvalue weighted by atomic mass is 10.1. The highest BCUT2D eigenvalue weighted by Gasteiger charge is 2.18. The molecule has 0 fully saturated rings. The van der Waals surface area contributed by atoms with E-state index in [1.807, 2.05) is 12.1 Å². The van der Waals surface area contributed by atoms with E-state index in [0.29, 0.717) is 12.3 Å². The number of nitrogens with one attached hydrogen (secondary N) is 2. The second kappa shape index (κ2) is 6.25. The molecule has 1 aliphatic rings. The molecule has 0 bridgehead atoms. The molecule has 0 spiro atoms. The van der Waals surface area contributed by atoms with E-state index >= 15 is 0 Å². The van der Waals surface area contributed by atoms with E-state index in [2.05, 4.69) is 14.7 Å². The van der Waals surface area contributed by atoms with E-state index in [0.717, 1.165) is 35.5 Å². The highest BCUT2D eigenvalue weighted by Crippen LogP contribution is 2.28. The lowest BCUT2D eigenvalue weighted by Gasteiger charge is -2.18. The average molecular weight is 355 g/mol. The highest BCUT2D eigenvalue weighted by atomic mass is 32.2. The van der Waals surface area contributed by atoms with Crippen molar-refractivity contribution in [2.24, 2.45) is 0 Å². The lowest BCUT2D eigenvalue weighted by Crippen LogP contribution is -2.15. The molecular weight excluding hydrogens is 338 g/mol. The number of nitrogens with zero attached hydrogens (tertiary/aromatic N) is 1. The molecule has 128 valence electrons. The molecule has 0 atom stereocenters. The van der Waals surface area contributed by atoms with E-state index in [9.17, 15) is 8.42 Å². The summed E-state index contributed by atoms with van der Waals surface area (Å²) in [5, 5.41) is 0. The van der Waals surface area contributed by atoms with E-state index < -0.39 is 10.0 Å². The summed E-state index contributed by atoms with van der Waals surface area (Å²) in [6, 6.07) is 12.1. The lowest BCUT2D eigenvalue weighted by molar-refractivity contribution is 0.288. The number of aryl methyl sites for hydroxylation is 1. The molecule has 6 nitrogen and oxygen atoms in total. The molecule has 1 aliphatic heterocycles. The van der Waals surface area contributed by atoms with Crippen LogP contribution in [0.15, 0.2) is 59.8 Å². The first kappa shape index (κ1) is 15.7. The third kappa shape index (κ3) is 3.23. The standard InChI is InChI=1S/C18H17N3O3S/c22-25(23,16-7-8-17-14(12-16)2-1-11-24-17)21-15-5-3-13(4-6-15)18-19-9-10-20-18/h3-10,12,21H,1-2,11H2,(H,19,20). The average Bonchev–Trinajstić information content (AvgIpc) is 3.16. The normalized spacial score (nSPS) is 13.8. The predicted octanol–water partition coefficient (Wildman–Crippen LogP) is 3.20. The number of benzene rings is 2. The highest BCUT2D eigenvalue weighted by molar-refractivity contribution is 7.92. The van der Waals surface area contributed by atoms with E-state index in [4.69, 9.17) is 4.74 Å². The minimum atomic E-state index is -3.64. The van der Waals surface area contributed by atoms with Crippen LogP contribution in [0.3, 0.4) is 0 Å². The molecule has 4 rings (SSSR count). The Kier molecular flexibility index (Phi) is 3.93. The number of anilines is 1. The van der Waals surface area contributed by atoms with Crippen LogP contribution in [-0.2, 0) is 16.4 Å². The molecule has 2 aromatic carbocycles. The number of imidazole rings is 1. The van der Waals surface area contributed by atoms with Crippen molar-refractivity contribution in [1.82, 2.24) is 9.97 Å². The van der Waals surface area contributed by atoms with Crippen LogP contribution in [-0.4, -0.2) is 25.0 Å². The number of hydrogen-bond donors (Lipinski definition) is 2. The topological polar surface area (TPSA) is 84.1 Å². The van der Waals surface area contributed by atoms with E-state index in [1.54, 1.807) is 42.7 Å². The van der Waals surface area contributed by atoms with Crippen molar-refractivity contribution < 1.29 is 13.2 Å². The van der Waals surface area contributed by atoms with Crippen LogP contribution >= 0.6 is 0 Å². The minimum absolute atomic E-state index is 0.242. The summed E-state index contributed by atoms with van der Waals surface area (Å²) < 4.78 is 33.4. The number of aromatic nitrogens is 2. The van der Waals surface area contributed by atoms with Crippen molar-refractivity contribution in [3.05, 3.63) is 60.4 Å². The maximum absolute atomic E-state index is 12.6. The summed E-state index contributed by atoms with van der Waals surface area (Å²) in [5.41, 5.74) is 2.32. The van der Waals surface area contributed by atoms with Gasteiger partial charge in [0.2, 0.25) is 0 Å². The Morgan fingerprint density at radius 1 is 1.12 bits per heavy atom. The molecule has 2 N–H and O–H groups in total. The van der Waals surface area contributed by atoms with Crippen molar-refractivity contribution >= 4 is 15.7 Å². The van der Waals surface area contributed by atoms with Crippen LogP contribution in [0.1, 0.15) is 12.0 Å². The molecule has 2 heterocycles. The Morgan fingerprint density at radius 2 is 1.96 bits per heavy atom. The maximum Gasteiger partial charge on any atom is 0.261 e. The van der Waals surface area contributed by atoms with Gasteiger partial charge in [-0.05, 0) is 60.9 Å². The van der Waals surface area contributed by atoms with Crippen molar-refractivity contribution in [2.45, 2.75) is 17.7 Å². The van der Waals surface area contributed by atoms with Crippen LogP contribution in [0.5, 0.6) is 5.75 Å². The van der Waals surface area contributed by atoms with Gasteiger partial charge in [-0.1, -0.05) is 0 Å². The van der Waals surface area contributed by atoms with Crippen LogP contribution in [0.25, 0.3) is 11.4 Å². The number of sulfonamides is 1. The predicted molar refractivity (Wildman–Crippen MR) is 95.1 cm³/mol. The van der Waals surface area contributed by atoms with Crippen LogP contribution < -0.4 is 9.46 Å². The van der Waals surface area contributed by atoms with Gasteiger partial charge in [0.1, 0.15) is 11.6 Å². The number of aromatic amines is 1. The first-order chi connectivity index (χ1) is 12.1. The first-order valence-electron chi connectivity index (χ1n) is 8.00. The number of rotatable bonds is 4. The van der Waals surface area contributed by atoms with Crippen molar-refractivity contribution in [3.63, 3.8) is 0 Å². The summed E-state index contributed by atoms with van der Waals surface area (Å²) in [7, 11) is -3.64. The van der Waals surface area contributed by atoms with E-state index in [-0.39, 0.29) is 4.90 Å². The molecule has 0 saturated heterocycles. The fraction of sp³-hybridized carbons (Fsp3) is 0.167. The zero-order chi connectivity index (χ0) is 17.3. The Bertz CT molecular complexity index is 981. The van der Waals surface area contributed by atoms with Gasteiger partial charge in [-0.2, -0.15) is 0 Å². The molecule has 7 heteroatoms. The zero-order valence-corrected chi connectivity index (χ0v) is 14.2. The van der Waals surface area contributed by atoms with Gasteiger partial charge < -0.3 is 9.72 Å². The Labute approximate surface area is 145 Å². The Morgan fingerprint density at radius 3 is 2.72 bits per heavy atom. The number of fused-ring (bicyclic) bond motifs is 1. The van der Waals surface area contributed by atoms with Crippen LogP contribution in [0.2, 0.25) is 0 Å². The number of H-pyrrole nitrogens is 1. The third-order valence-corrected chi connectivity index (χ3v) is 5.48. The molecule has 0 radical (unpaired) electrons. The molecule has 0 aliphatic carbocycles. The van der Waals surface area contributed by atoms with Crippen LogP contribution in [0, 0.1) is 0 Å². The summed E-state index contributed by atoms with van der Waals surface area (Å²) in [6.45, 7) is 0.680. The van der Waals surface area contributed by atoms with Gasteiger partial charge in [0.05, 0.1) is 11.5 Å².